The van der Waals surface area contributed by atoms with Gasteiger partial charge in [0.15, 0.2) is 0 Å². The van der Waals surface area contributed by atoms with E-state index in [-0.39, 0.29) is 11.6 Å². The van der Waals surface area contributed by atoms with Crippen molar-refractivity contribution in [2.24, 2.45) is 0 Å². The predicted octanol–water partition coefficient (Wildman–Crippen LogP) is 5.71. The van der Waals surface area contributed by atoms with Crippen molar-refractivity contribution in [2.45, 2.75) is 45.1 Å². The fraction of sp³-hybridized carbons (Fsp3) is 0.278. The highest BCUT2D eigenvalue weighted by Crippen LogP contribution is 2.38. The van der Waals surface area contributed by atoms with Gasteiger partial charge in [0.25, 0.3) is 8.32 Å². The summed E-state index contributed by atoms with van der Waals surface area (Å²) < 4.78 is 24.2. The molecule has 6 heteroatoms. The highest BCUT2D eigenvalue weighted by atomic mass is 28.4. The third-order valence-corrected chi connectivity index (χ3v) is 12.2. The van der Waals surface area contributed by atoms with Gasteiger partial charge in [-0.2, -0.15) is 0 Å². The fourth-order valence-corrected chi connectivity index (χ4v) is 9.72. The van der Waals surface area contributed by atoms with Crippen LogP contribution in [0.1, 0.15) is 37.5 Å². The van der Waals surface area contributed by atoms with E-state index in [0.29, 0.717) is 30.3 Å². The minimum Gasteiger partial charge on any atom is -0.495 e. The highest BCUT2D eigenvalue weighted by Gasteiger charge is 2.50. The van der Waals surface area contributed by atoms with Crippen LogP contribution >= 0.6 is 0 Å². The van der Waals surface area contributed by atoms with Crippen LogP contribution in [-0.2, 0) is 22.4 Å². The average molecular weight is 581 g/mol. The van der Waals surface area contributed by atoms with Gasteiger partial charge in [-0.3, -0.25) is 0 Å². The van der Waals surface area contributed by atoms with Crippen LogP contribution in [0.15, 0.2) is 103 Å². The van der Waals surface area contributed by atoms with E-state index in [0.717, 1.165) is 11.1 Å². The van der Waals surface area contributed by atoms with Crippen LogP contribution in [0.2, 0.25) is 5.04 Å². The molecule has 0 spiro atoms. The first-order valence-electron chi connectivity index (χ1n) is 14.1. The number of hydrogen-bond acceptors (Lipinski definition) is 5. The molecule has 0 saturated carbocycles. The zero-order chi connectivity index (χ0) is 30.0. The van der Waals surface area contributed by atoms with Crippen molar-refractivity contribution in [3.63, 3.8) is 0 Å². The summed E-state index contributed by atoms with van der Waals surface area (Å²) in [7, 11) is 0.482. The summed E-state index contributed by atoms with van der Waals surface area (Å²) in [4.78, 5) is 0. The van der Waals surface area contributed by atoms with E-state index >= 15 is 0 Å². The second-order valence-electron chi connectivity index (χ2n) is 11.1. The topological polar surface area (TPSA) is 57.2 Å². The molecule has 0 amide bonds. The van der Waals surface area contributed by atoms with E-state index in [9.17, 15) is 5.11 Å². The van der Waals surface area contributed by atoms with E-state index in [1.54, 1.807) is 14.2 Å². The molecule has 0 heterocycles. The summed E-state index contributed by atoms with van der Waals surface area (Å²) in [6.07, 6.45) is -0.957. The van der Waals surface area contributed by atoms with Crippen molar-refractivity contribution in [3.8, 4) is 23.3 Å². The van der Waals surface area contributed by atoms with Crippen LogP contribution in [0, 0.1) is 11.8 Å². The summed E-state index contributed by atoms with van der Waals surface area (Å²) >= 11 is 0. The quantitative estimate of drug-likeness (QED) is 0.182. The molecule has 5 nitrogen and oxygen atoms in total. The van der Waals surface area contributed by atoms with Gasteiger partial charge < -0.3 is 23.7 Å². The molecule has 0 radical (unpaired) electrons. The third-order valence-electron chi connectivity index (χ3n) is 7.19. The Bertz CT molecular complexity index is 1410. The Labute approximate surface area is 251 Å². The molecule has 0 aliphatic heterocycles. The van der Waals surface area contributed by atoms with Crippen molar-refractivity contribution < 1.29 is 23.7 Å². The number of benzene rings is 4. The van der Waals surface area contributed by atoms with Gasteiger partial charge in [0.1, 0.15) is 23.2 Å². The Morgan fingerprint density at radius 3 is 1.69 bits per heavy atom. The lowest BCUT2D eigenvalue weighted by molar-refractivity contribution is 0.0544. The molecule has 0 bridgehead atoms. The number of rotatable bonds is 11. The van der Waals surface area contributed by atoms with E-state index in [4.69, 9.17) is 18.6 Å². The molecule has 1 atom stereocenters. The maximum atomic E-state index is 10.4. The van der Waals surface area contributed by atoms with Crippen molar-refractivity contribution in [2.75, 3.05) is 20.8 Å². The number of aliphatic hydroxyl groups is 1. The Hall–Kier alpha value is -3.86. The molecule has 1 N–H and O–H groups in total. The zero-order valence-electron chi connectivity index (χ0n) is 25.1. The maximum Gasteiger partial charge on any atom is 0.261 e. The normalized spacial score (nSPS) is 12.2. The molecule has 4 aromatic carbocycles. The van der Waals surface area contributed by atoms with Gasteiger partial charge in [0, 0.05) is 0 Å². The van der Waals surface area contributed by atoms with Crippen molar-refractivity contribution in [3.05, 3.63) is 120 Å². The maximum absolute atomic E-state index is 10.4. The number of aliphatic hydroxyl groups excluding tert-OH is 1. The van der Waals surface area contributed by atoms with Gasteiger partial charge >= 0.3 is 0 Å². The third kappa shape index (κ3) is 7.31. The van der Waals surface area contributed by atoms with Crippen molar-refractivity contribution >= 4 is 18.7 Å². The van der Waals surface area contributed by atoms with Crippen LogP contribution < -0.4 is 19.8 Å². The molecule has 42 heavy (non-hydrogen) atoms. The summed E-state index contributed by atoms with van der Waals surface area (Å²) in [5, 5.41) is 12.7. The van der Waals surface area contributed by atoms with Crippen LogP contribution in [0.25, 0.3) is 0 Å². The van der Waals surface area contributed by atoms with Crippen molar-refractivity contribution in [1.29, 1.82) is 0 Å². The lowest BCUT2D eigenvalue weighted by Gasteiger charge is -2.43. The molecule has 0 aliphatic carbocycles. The first-order chi connectivity index (χ1) is 20.3. The molecular weight excluding hydrogens is 540 g/mol. The lowest BCUT2D eigenvalue weighted by atomic mass is 10.1. The first kappa shape index (κ1) is 31.1. The number of hydrogen-bond donors (Lipinski definition) is 1. The molecule has 4 aromatic rings. The van der Waals surface area contributed by atoms with Crippen LogP contribution in [-0.4, -0.2) is 40.4 Å². The molecule has 218 valence electrons. The summed E-state index contributed by atoms with van der Waals surface area (Å²) in [6, 6.07) is 34.8. The number of methoxy groups -OCH3 is 2. The monoisotopic (exact) mass is 580 g/mol. The fourth-order valence-electron chi connectivity index (χ4n) is 5.19. The highest BCUT2D eigenvalue weighted by molar-refractivity contribution is 6.99. The van der Waals surface area contributed by atoms with Gasteiger partial charge in [-0.05, 0) is 38.7 Å². The molecule has 0 unspecified atom stereocenters. The Kier molecular flexibility index (Phi) is 10.6. The predicted molar refractivity (Wildman–Crippen MR) is 171 cm³/mol. The standard InChI is InChI=1S/C36H40O5Si/c1-36(2,3)42(31-17-11-7-12-18-31,32-19-13-8-14-20-32)41-26-29-23-34(38-4)33(35(24-29)39-5)22-21-30(37)27-40-25-28-15-9-6-10-16-28/h6-20,23-24,30,37H,25-27H2,1-5H3/t30-/m1/s1. The first-order valence-corrected chi connectivity index (χ1v) is 16.0. The average Bonchev–Trinajstić information content (AvgIpc) is 3.01. The molecule has 0 aliphatic rings. The van der Waals surface area contributed by atoms with Gasteiger partial charge in [-0.1, -0.05) is 124 Å². The minimum atomic E-state index is -2.73. The van der Waals surface area contributed by atoms with E-state index in [1.807, 2.05) is 54.6 Å². The Morgan fingerprint density at radius 1 is 0.714 bits per heavy atom. The van der Waals surface area contributed by atoms with Crippen LogP contribution in [0.5, 0.6) is 11.5 Å². The SMILES string of the molecule is COc1cc(CO[Si](c2ccccc2)(c2ccccc2)C(C)(C)C)cc(OC)c1C#C[C@@H](O)COCc1ccccc1. The molecular formula is C36H40O5Si. The second kappa shape index (κ2) is 14.3. The molecule has 0 aromatic heterocycles. The molecule has 0 saturated heterocycles. The number of ether oxygens (including phenoxy) is 3. The summed E-state index contributed by atoms with van der Waals surface area (Å²) in [5.74, 6) is 7.03. The molecule has 4 rings (SSSR count). The van der Waals surface area contributed by atoms with Gasteiger partial charge in [0.05, 0.1) is 34.0 Å². The van der Waals surface area contributed by atoms with Gasteiger partial charge in [-0.15, -0.1) is 0 Å². The Morgan fingerprint density at radius 2 is 1.21 bits per heavy atom. The van der Waals surface area contributed by atoms with Crippen LogP contribution in [0.3, 0.4) is 0 Å². The second-order valence-corrected chi connectivity index (χ2v) is 15.4. The Balaban J connectivity index is 1.59. The van der Waals surface area contributed by atoms with Gasteiger partial charge in [0.2, 0.25) is 0 Å². The minimum absolute atomic E-state index is 0.0942. The van der Waals surface area contributed by atoms with Crippen LogP contribution in [0.4, 0.5) is 0 Å². The molecule has 0 fully saturated rings. The van der Waals surface area contributed by atoms with E-state index in [1.165, 1.54) is 10.4 Å². The summed E-state index contributed by atoms with van der Waals surface area (Å²) in [6.45, 7) is 7.64. The van der Waals surface area contributed by atoms with Gasteiger partial charge in [-0.25, -0.2) is 0 Å². The lowest BCUT2D eigenvalue weighted by Crippen LogP contribution is -2.66. The largest absolute Gasteiger partial charge is 0.495 e. The van der Waals surface area contributed by atoms with Crippen molar-refractivity contribution in [1.82, 2.24) is 0 Å². The zero-order valence-corrected chi connectivity index (χ0v) is 26.1. The van der Waals surface area contributed by atoms with E-state index in [2.05, 4.69) is 81.1 Å². The smallest absolute Gasteiger partial charge is 0.261 e. The summed E-state index contributed by atoms with van der Waals surface area (Å²) in [5.41, 5.74) is 2.52. The van der Waals surface area contributed by atoms with E-state index < -0.39 is 14.4 Å².